The number of nitrogens with one attached hydrogen (secondary N) is 2. The summed E-state index contributed by atoms with van der Waals surface area (Å²) in [5, 5.41) is 8.18. The molecule has 0 aliphatic carbocycles. The summed E-state index contributed by atoms with van der Waals surface area (Å²) in [5.74, 6) is -0.336. The van der Waals surface area contributed by atoms with Gasteiger partial charge < -0.3 is 4.42 Å². The second-order valence-electron chi connectivity index (χ2n) is 5.40. The minimum absolute atomic E-state index is 0.0323. The van der Waals surface area contributed by atoms with Crippen LogP contribution in [0.2, 0.25) is 0 Å². The van der Waals surface area contributed by atoms with Gasteiger partial charge in [-0.2, -0.15) is 0 Å². The van der Waals surface area contributed by atoms with Gasteiger partial charge in [0.25, 0.3) is 11.1 Å². The second kappa shape index (κ2) is 8.30. The molecule has 0 aliphatic heterocycles. The van der Waals surface area contributed by atoms with E-state index in [2.05, 4.69) is 21.0 Å². The van der Waals surface area contributed by atoms with Crippen LogP contribution in [0.4, 0.5) is 0 Å². The molecule has 2 amide bonds. The van der Waals surface area contributed by atoms with Crippen LogP contribution in [0.5, 0.6) is 0 Å². The quantitative estimate of drug-likeness (QED) is 0.531. The minimum Gasteiger partial charge on any atom is -0.411 e. The van der Waals surface area contributed by atoms with Gasteiger partial charge in [-0.3, -0.25) is 20.4 Å². The van der Waals surface area contributed by atoms with Crippen LogP contribution in [0.3, 0.4) is 0 Å². The molecule has 8 heteroatoms. The summed E-state index contributed by atoms with van der Waals surface area (Å²) < 4.78 is 5.54. The smallest absolute Gasteiger partial charge is 0.277 e. The van der Waals surface area contributed by atoms with Gasteiger partial charge in [0.05, 0.1) is 5.75 Å². The number of amides is 2. The van der Waals surface area contributed by atoms with E-state index in [-0.39, 0.29) is 22.8 Å². The van der Waals surface area contributed by atoms with E-state index in [0.29, 0.717) is 11.5 Å². The van der Waals surface area contributed by atoms with Crippen molar-refractivity contribution in [2.24, 2.45) is 0 Å². The molecule has 3 rings (SSSR count). The average Bonchev–Trinajstić information content (AvgIpc) is 3.14. The number of nitrogens with zero attached hydrogens (tertiary/aromatic N) is 2. The fourth-order valence-electron chi connectivity index (χ4n) is 2.11. The summed E-state index contributed by atoms with van der Waals surface area (Å²) in [7, 11) is 0. The standard InChI is InChI=1S/C18H16N4O3S/c1-12-6-5-9-14(10-12)17-21-22-18(25-17)26-11-15(23)19-20-16(24)13-7-3-2-4-8-13/h2-10H,11H2,1H3,(H,19,23)(H,20,24). The lowest BCUT2D eigenvalue weighted by atomic mass is 10.1. The summed E-state index contributed by atoms with van der Waals surface area (Å²) >= 11 is 1.09. The number of hydrogen-bond donors (Lipinski definition) is 2. The first-order valence-electron chi connectivity index (χ1n) is 7.79. The summed E-state index contributed by atoms with van der Waals surface area (Å²) in [4.78, 5) is 23.7. The van der Waals surface area contributed by atoms with Gasteiger partial charge in [-0.05, 0) is 31.2 Å². The monoisotopic (exact) mass is 368 g/mol. The predicted octanol–water partition coefficient (Wildman–Crippen LogP) is 2.60. The van der Waals surface area contributed by atoms with E-state index in [0.717, 1.165) is 22.9 Å². The molecule has 0 spiro atoms. The van der Waals surface area contributed by atoms with E-state index in [4.69, 9.17) is 4.42 Å². The third kappa shape index (κ3) is 4.70. The highest BCUT2D eigenvalue weighted by Crippen LogP contribution is 2.23. The molecule has 0 unspecified atom stereocenters. The molecule has 7 nitrogen and oxygen atoms in total. The largest absolute Gasteiger partial charge is 0.411 e. The van der Waals surface area contributed by atoms with Gasteiger partial charge >= 0.3 is 0 Å². The third-order valence-corrected chi connectivity index (χ3v) is 4.17. The highest BCUT2D eigenvalue weighted by molar-refractivity contribution is 7.99. The first-order chi connectivity index (χ1) is 12.6. The van der Waals surface area contributed by atoms with Crippen LogP contribution >= 0.6 is 11.8 Å². The molecule has 2 aromatic carbocycles. The summed E-state index contributed by atoms with van der Waals surface area (Å²) in [6.45, 7) is 1.98. The van der Waals surface area contributed by atoms with E-state index >= 15 is 0 Å². The van der Waals surface area contributed by atoms with E-state index in [9.17, 15) is 9.59 Å². The van der Waals surface area contributed by atoms with Gasteiger partial charge in [-0.1, -0.05) is 47.7 Å². The third-order valence-electron chi connectivity index (χ3n) is 3.35. The Labute approximate surface area is 154 Å². The van der Waals surface area contributed by atoms with E-state index in [1.165, 1.54) is 0 Å². The van der Waals surface area contributed by atoms with Gasteiger partial charge in [0.2, 0.25) is 11.8 Å². The number of carbonyl (C=O) groups excluding carboxylic acids is 2. The fraction of sp³-hybridized carbons (Fsp3) is 0.111. The van der Waals surface area contributed by atoms with Gasteiger partial charge in [-0.15, -0.1) is 10.2 Å². The Morgan fingerprint density at radius 1 is 1.04 bits per heavy atom. The zero-order chi connectivity index (χ0) is 18.4. The molecule has 1 heterocycles. The van der Waals surface area contributed by atoms with Crippen molar-refractivity contribution in [1.82, 2.24) is 21.0 Å². The van der Waals surface area contributed by atoms with E-state index < -0.39 is 0 Å². The number of hydrazine groups is 1. The molecule has 0 saturated carbocycles. The Kier molecular flexibility index (Phi) is 5.65. The van der Waals surface area contributed by atoms with Crippen molar-refractivity contribution in [3.05, 3.63) is 65.7 Å². The topological polar surface area (TPSA) is 97.1 Å². The lowest BCUT2D eigenvalue weighted by molar-refractivity contribution is -0.119. The van der Waals surface area contributed by atoms with Crippen molar-refractivity contribution in [3.63, 3.8) is 0 Å². The van der Waals surface area contributed by atoms with Crippen LogP contribution < -0.4 is 10.9 Å². The van der Waals surface area contributed by atoms with E-state index in [1.54, 1.807) is 30.3 Å². The van der Waals surface area contributed by atoms with Crippen LogP contribution in [0, 0.1) is 6.92 Å². The molecule has 0 aliphatic rings. The molecule has 0 fully saturated rings. The fourth-order valence-corrected chi connectivity index (χ4v) is 2.68. The Balaban J connectivity index is 1.48. The molecule has 0 radical (unpaired) electrons. The maximum atomic E-state index is 11.8. The van der Waals surface area contributed by atoms with Crippen molar-refractivity contribution in [2.45, 2.75) is 12.1 Å². The second-order valence-corrected chi connectivity index (χ2v) is 6.33. The SMILES string of the molecule is Cc1cccc(-c2nnc(SCC(=O)NNC(=O)c3ccccc3)o2)c1. The lowest BCUT2D eigenvalue weighted by Gasteiger charge is -2.06. The van der Waals surface area contributed by atoms with Crippen LogP contribution in [0.15, 0.2) is 64.2 Å². The molecular weight excluding hydrogens is 352 g/mol. The number of aromatic nitrogens is 2. The van der Waals surface area contributed by atoms with Gasteiger partial charge in [-0.25, -0.2) is 0 Å². The van der Waals surface area contributed by atoms with E-state index in [1.807, 2.05) is 31.2 Å². The van der Waals surface area contributed by atoms with Gasteiger partial charge in [0.15, 0.2) is 0 Å². The number of benzene rings is 2. The molecule has 0 atom stereocenters. The summed E-state index contributed by atoms with van der Waals surface area (Å²) in [5.41, 5.74) is 7.07. The molecular formula is C18H16N4O3S. The van der Waals surface area contributed by atoms with Gasteiger partial charge in [0, 0.05) is 11.1 Å². The summed E-state index contributed by atoms with van der Waals surface area (Å²) in [6, 6.07) is 16.3. The Hall–Kier alpha value is -3.13. The molecule has 0 bridgehead atoms. The number of aryl methyl sites for hydroxylation is 1. The molecule has 26 heavy (non-hydrogen) atoms. The normalized spacial score (nSPS) is 10.3. The van der Waals surface area contributed by atoms with Crippen LogP contribution in [0.1, 0.15) is 15.9 Å². The van der Waals surface area contributed by atoms with Crippen molar-refractivity contribution in [2.75, 3.05) is 5.75 Å². The van der Waals surface area contributed by atoms with Crippen molar-refractivity contribution >= 4 is 23.6 Å². The van der Waals surface area contributed by atoms with Crippen LogP contribution in [-0.4, -0.2) is 27.8 Å². The Bertz CT molecular complexity index is 912. The summed E-state index contributed by atoms with van der Waals surface area (Å²) in [6.07, 6.45) is 0. The number of hydrogen-bond acceptors (Lipinski definition) is 6. The molecule has 1 aromatic heterocycles. The first kappa shape index (κ1) is 17.7. The maximum Gasteiger partial charge on any atom is 0.277 e. The highest BCUT2D eigenvalue weighted by Gasteiger charge is 2.12. The number of thioether (sulfide) groups is 1. The maximum absolute atomic E-state index is 11.8. The van der Waals surface area contributed by atoms with Crippen LogP contribution in [-0.2, 0) is 4.79 Å². The molecule has 0 saturated heterocycles. The number of rotatable bonds is 5. The molecule has 3 aromatic rings. The average molecular weight is 368 g/mol. The minimum atomic E-state index is -0.386. The first-order valence-corrected chi connectivity index (χ1v) is 8.78. The van der Waals surface area contributed by atoms with Crippen LogP contribution in [0.25, 0.3) is 11.5 Å². The van der Waals surface area contributed by atoms with Crippen molar-refractivity contribution < 1.29 is 14.0 Å². The van der Waals surface area contributed by atoms with Crippen molar-refractivity contribution in [3.8, 4) is 11.5 Å². The zero-order valence-electron chi connectivity index (χ0n) is 13.9. The zero-order valence-corrected chi connectivity index (χ0v) is 14.7. The molecule has 132 valence electrons. The van der Waals surface area contributed by atoms with Gasteiger partial charge in [0.1, 0.15) is 0 Å². The lowest BCUT2D eigenvalue weighted by Crippen LogP contribution is -2.42. The highest BCUT2D eigenvalue weighted by atomic mass is 32.2. The number of carbonyl (C=O) groups is 2. The van der Waals surface area contributed by atoms with Crippen molar-refractivity contribution in [1.29, 1.82) is 0 Å². The molecule has 2 N–H and O–H groups in total. The Morgan fingerprint density at radius 2 is 1.85 bits per heavy atom. The predicted molar refractivity (Wildman–Crippen MR) is 97.2 cm³/mol. The Morgan fingerprint density at radius 3 is 2.62 bits per heavy atom.